The van der Waals surface area contributed by atoms with Crippen molar-refractivity contribution < 1.29 is 4.42 Å². The smallest absolute Gasteiger partial charge is 0.208 e. The van der Waals surface area contributed by atoms with E-state index in [-0.39, 0.29) is 0 Å². The lowest BCUT2D eigenvalue weighted by atomic mass is 10.1. The third-order valence-corrected chi connectivity index (χ3v) is 4.29. The minimum Gasteiger partial charge on any atom is -0.444 e. The van der Waals surface area contributed by atoms with Crippen LogP contribution >= 0.6 is 15.9 Å². The van der Waals surface area contributed by atoms with Crippen LogP contribution in [0.3, 0.4) is 0 Å². The second-order valence-corrected chi connectivity index (χ2v) is 6.23. The standard InChI is InChI=1S/C13H15BrN4O/c14-9-4-15-18(5-9)10-6-17(7-10)8-13-16-11-2-1-3-12(11)19-13/h4-5,10H,1-3,6-8H2. The largest absolute Gasteiger partial charge is 0.444 e. The molecule has 1 aliphatic heterocycles. The molecule has 0 atom stereocenters. The van der Waals surface area contributed by atoms with Crippen molar-refractivity contribution in [2.24, 2.45) is 0 Å². The highest BCUT2D eigenvalue weighted by atomic mass is 79.9. The van der Waals surface area contributed by atoms with Crippen LogP contribution < -0.4 is 0 Å². The molecule has 5 nitrogen and oxygen atoms in total. The maximum absolute atomic E-state index is 5.79. The highest BCUT2D eigenvalue weighted by Gasteiger charge is 2.30. The molecule has 0 unspecified atom stereocenters. The van der Waals surface area contributed by atoms with E-state index in [1.54, 1.807) is 0 Å². The van der Waals surface area contributed by atoms with Gasteiger partial charge in [-0.05, 0) is 28.8 Å². The molecular formula is C13H15BrN4O. The molecule has 1 fully saturated rings. The Labute approximate surface area is 119 Å². The predicted molar refractivity (Wildman–Crippen MR) is 72.8 cm³/mol. The first-order chi connectivity index (χ1) is 9.28. The van der Waals surface area contributed by atoms with Gasteiger partial charge in [0.05, 0.1) is 29.0 Å². The fraction of sp³-hybridized carbons (Fsp3) is 0.538. The van der Waals surface area contributed by atoms with Crippen molar-refractivity contribution >= 4 is 15.9 Å². The van der Waals surface area contributed by atoms with Crippen molar-refractivity contribution in [1.29, 1.82) is 0 Å². The number of oxazole rings is 1. The normalized spacial score (nSPS) is 19.6. The molecule has 2 aliphatic rings. The molecule has 0 N–H and O–H groups in total. The molecule has 6 heteroatoms. The molecule has 1 aliphatic carbocycles. The molecule has 0 bridgehead atoms. The van der Waals surface area contributed by atoms with Gasteiger partial charge in [-0.15, -0.1) is 0 Å². The average molecular weight is 323 g/mol. The van der Waals surface area contributed by atoms with Gasteiger partial charge in [-0.2, -0.15) is 5.10 Å². The lowest BCUT2D eigenvalue weighted by molar-refractivity contribution is 0.0810. The van der Waals surface area contributed by atoms with Crippen molar-refractivity contribution in [3.05, 3.63) is 34.2 Å². The maximum Gasteiger partial charge on any atom is 0.208 e. The van der Waals surface area contributed by atoms with Crippen LogP contribution in [0.2, 0.25) is 0 Å². The maximum atomic E-state index is 5.79. The number of nitrogens with zero attached hydrogens (tertiary/aromatic N) is 4. The Balaban J connectivity index is 1.36. The Morgan fingerprint density at radius 1 is 1.37 bits per heavy atom. The van der Waals surface area contributed by atoms with Crippen LogP contribution in [0.15, 0.2) is 21.3 Å². The van der Waals surface area contributed by atoms with E-state index < -0.39 is 0 Å². The predicted octanol–water partition coefficient (Wildman–Crippen LogP) is 2.18. The Kier molecular flexibility index (Phi) is 2.73. The third-order valence-electron chi connectivity index (χ3n) is 3.88. The number of rotatable bonds is 3. The molecule has 0 radical (unpaired) electrons. The zero-order valence-electron chi connectivity index (χ0n) is 10.5. The Bertz CT molecular complexity index is 578. The topological polar surface area (TPSA) is 47.1 Å². The molecule has 19 heavy (non-hydrogen) atoms. The molecular weight excluding hydrogens is 308 g/mol. The lowest BCUT2D eigenvalue weighted by Gasteiger charge is -2.38. The van der Waals surface area contributed by atoms with E-state index in [0.717, 1.165) is 48.6 Å². The molecule has 4 rings (SSSR count). The van der Waals surface area contributed by atoms with Crippen LogP contribution in [0.4, 0.5) is 0 Å². The summed E-state index contributed by atoms with van der Waals surface area (Å²) in [4.78, 5) is 6.92. The zero-order valence-corrected chi connectivity index (χ0v) is 12.1. The van der Waals surface area contributed by atoms with Crippen LogP contribution in [-0.4, -0.2) is 32.8 Å². The van der Waals surface area contributed by atoms with Gasteiger partial charge >= 0.3 is 0 Å². The van der Waals surface area contributed by atoms with Gasteiger partial charge < -0.3 is 4.42 Å². The summed E-state index contributed by atoms with van der Waals surface area (Å²) < 4.78 is 8.86. The van der Waals surface area contributed by atoms with Crippen molar-refractivity contribution in [3.63, 3.8) is 0 Å². The Hall–Kier alpha value is -1.14. The SMILES string of the molecule is Brc1cnn(C2CN(Cc3nc4c(o3)CCC4)C2)c1. The Morgan fingerprint density at radius 3 is 3.00 bits per heavy atom. The molecule has 0 aromatic carbocycles. The second kappa shape index (κ2) is 4.45. The molecule has 100 valence electrons. The number of aromatic nitrogens is 3. The highest BCUT2D eigenvalue weighted by molar-refractivity contribution is 9.10. The minimum atomic E-state index is 0.480. The molecule has 0 spiro atoms. The van der Waals surface area contributed by atoms with E-state index in [2.05, 4.69) is 30.9 Å². The van der Waals surface area contributed by atoms with Crippen molar-refractivity contribution in [2.45, 2.75) is 31.8 Å². The van der Waals surface area contributed by atoms with Gasteiger partial charge in [0.1, 0.15) is 5.76 Å². The summed E-state index contributed by atoms with van der Waals surface area (Å²) in [7, 11) is 0. The summed E-state index contributed by atoms with van der Waals surface area (Å²) >= 11 is 3.43. The van der Waals surface area contributed by atoms with Gasteiger partial charge in [0.2, 0.25) is 5.89 Å². The number of hydrogen-bond donors (Lipinski definition) is 0. The molecule has 0 saturated carbocycles. The van der Waals surface area contributed by atoms with Gasteiger partial charge in [0.25, 0.3) is 0 Å². The quantitative estimate of drug-likeness (QED) is 0.869. The number of hydrogen-bond acceptors (Lipinski definition) is 4. The first-order valence-electron chi connectivity index (χ1n) is 6.67. The Morgan fingerprint density at radius 2 is 2.26 bits per heavy atom. The van der Waals surface area contributed by atoms with Gasteiger partial charge in [0.15, 0.2) is 0 Å². The van der Waals surface area contributed by atoms with Crippen molar-refractivity contribution in [2.75, 3.05) is 13.1 Å². The molecule has 3 heterocycles. The molecule has 2 aromatic rings. The van der Waals surface area contributed by atoms with E-state index in [1.807, 2.05) is 17.1 Å². The number of aryl methyl sites for hydroxylation is 2. The van der Waals surface area contributed by atoms with Crippen LogP contribution in [0.25, 0.3) is 0 Å². The van der Waals surface area contributed by atoms with E-state index in [1.165, 1.54) is 12.1 Å². The lowest BCUT2D eigenvalue weighted by Crippen LogP contribution is -2.47. The number of likely N-dealkylation sites (tertiary alicyclic amines) is 1. The summed E-state index contributed by atoms with van der Waals surface area (Å²) in [6.07, 6.45) is 7.21. The van der Waals surface area contributed by atoms with E-state index in [9.17, 15) is 0 Å². The second-order valence-electron chi connectivity index (χ2n) is 5.32. The number of halogens is 1. The van der Waals surface area contributed by atoms with Gasteiger partial charge in [0, 0.05) is 25.7 Å². The van der Waals surface area contributed by atoms with Gasteiger partial charge in [-0.3, -0.25) is 9.58 Å². The van der Waals surface area contributed by atoms with Crippen LogP contribution in [0.1, 0.15) is 29.8 Å². The third kappa shape index (κ3) is 2.12. The van der Waals surface area contributed by atoms with Crippen molar-refractivity contribution in [1.82, 2.24) is 19.7 Å². The fourth-order valence-corrected chi connectivity index (χ4v) is 3.16. The highest BCUT2D eigenvalue weighted by Crippen LogP contribution is 2.26. The minimum absolute atomic E-state index is 0.480. The average Bonchev–Trinajstić information content (AvgIpc) is 2.97. The van der Waals surface area contributed by atoms with E-state index >= 15 is 0 Å². The monoisotopic (exact) mass is 322 g/mol. The van der Waals surface area contributed by atoms with E-state index in [0.29, 0.717) is 6.04 Å². The summed E-state index contributed by atoms with van der Waals surface area (Å²) in [5.74, 6) is 1.99. The van der Waals surface area contributed by atoms with Crippen LogP contribution in [0, 0.1) is 0 Å². The fourth-order valence-electron chi connectivity index (χ4n) is 2.86. The first-order valence-corrected chi connectivity index (χ1v) is 7.47. The van der Waals surface area contributed by atoms with Gasteiger partial charge in [-0.1, -0.05) is 0 Å². The summed E-state index contributed by atoms with van der Waals surface area (Å²) in [6, 6.07) is 0.480. The molecule has 1 saturated heterocycles. The van der Waals surface area contributed by atoms with Crippen LogP contribution in [0.5, 0.6) is 0 Å². The van der Waals surface area contributed by atoms with Crippen molar-refractivity contribution in [3.8, 4) is 0 Å². The zero-order chi connectivity index (χ0) is 12.8. The van der Waals surface area contributed by atoms with E-state index in [4.69, 9.17) is 4.42 Å². The number of fused-ring (bicyclic) bond motifs is 1. The molecule has 0 amide bonds. The first kappa shape index (κ1) is 11.7. The summed E-state index contributed by atoms with van der Waals surface area (Å²) in [5.41, 5.74) is 1.18. The summed E-state index contributed by atoms with van der Waals surface area (Å²) in [6.45, 7) is 2.86. The van der Waals surface area contributed by atoms with Crippen LogP contribution in [-0.2, 0) is 19.4 Å². The van der Waals surface area contributed by atoms with Gasteiger partial charge in [-0.25, -0.2) is 4.98 Å². The molecule has 2 aromatic heterocycles. The summed E-state index contributed by atoms with van der Waals surface area (Å²) in [5, 5.41) is 4.32.